The van der Waals surface area contributed by atoms with Gasteiger partial charge in [-0.15, -0.1) is 0 Å². The van der Waals surface area contributed by atoms with Crippen LogP contribution in [0.25, 0.3) is 0 Å². The van der Waals surface area contributed by atoms with Gasteiger partial charge in [0.05, 0.1) is 6.26 Å². The van der Waals surface area contributed by atoms with E-state index in [2.05, 4.69) is 4.98 Å². The summed E-state index contributed by atoms with van der Waals surface area (Å²) in [5.74, 6) is 0. The van der Waals surface area contributed by atoms with E-state index in [-0.39, 0.29) is 6.10 Å². The van der Waals surface area contributed by atoms with Crippen molar-refractivity contribution in [1.29, 1.82) is 0 Å². The highest BCUT2D eigenvalue weighted by molar-refractivity contribution is 7.86. The fraction of sp³-hybridized carbons (Fsp3) is 0.375. The Morgan fingerprint density at radius 2 is 2.38 bits per heavy atom. The number of hydrogen-bond acceptors (Lipinski definition) is 4. The SMILES string of the molecule is CS(=O)(=O)OC1Cc2cnccc21. The number of nitrogens with zero attached hydrogens (tertiary/aromatic N) is 1. The normalized spacial score (nSPS) is 20.5. The molecule has 0 aromatic carbocycles. The molecule has 0 radical (unpaired) electrons. The van der Waals surface area contributed by atoms with Gasteiger partial charge < -0.3 is 0 Å². The molecular weight excluding hydrogens is 190 g/mol. The molecule has 1 aromatic heterocycles. The first-order chi connectivity index (χ1) is 6.06. The van der Waals surface area contributed by atoms with Crippen LogP contribution in [0.5, 0.6) is 0 Å². The molecular formula is C8H9NO3S. The van der Waals surface area contributed by atoms with Crippen LogP contribution in [-0.2, 0) is 20.7 Å². The number of hydrogen-bond donors (Lipinski definition) is 0. The molecule has 2 rings (SSSR count). The molecule has 0 saturated carbocycles. The maximum atomic E-state index is 10.8. The van der Waals surface area contributed by atoms with Crippen LogP contribution in [0, 0.1) is 0 Å². The smallest absolute Gasteiger partial charge is 0.264 e. The number of fused-ring (bicyclic) bond motifs is 1. The predicted molar refractivity (Wildman–Crippen MR) is 46.6 cm³/mol. The molecule has 0 aliphatic heterocycles. The van der Waals surface area contributed by atoms with Gasteiger partial charge in [0.25, 0.3) is 10.1 Å². The third-order valence-corrected chi connectivity index (χ3v) is 2.57. The van der Waals surface area contributed by atoms with Crippen molar-refractivity contribution in [2.75, 3.05) is 6.26 Å². The van der Waals surface area contributed by atoms with Gasteiger partial charge in [0.1, 0.15) is 6.10 Å². The lowest BCUT2D eigenvalue weighted by Crippen LogP contribution is -2.22. The third-order valence-electron chi connectivity index (χ3n) is 1.98. The van der Waals surface area contributed by atoms with E-state index in [0.29, 0.717) is 6.42 Å². The molecule has 1 aliphatic carbocycles. The molecule has 1 heterocycles. The van der Waals surface area contributed by atoms with Crippen LogP contribution in [-0.4, -0.2) is 19.7 Å². The van der Waals surface area contributed by atoms with Crippen molar-refractivity contribution in [3.05, 3.63) is 29.6 Å². The van der Waals surface area contributed by atoms with Crippen LogP contribution in [0.4, 0.5) is 0 Å². The molecule has 0 spiro atoms. The van der Waals surface area contributed by atoms with E-state index in [1.165, 1.54) is 0 Å². The molecule has 4 nitrogen and oxygen atoms in total. The van der Waals surface area contributed by atoms with Gasteiger partial charge >= 0.3 is 0 Å². The third kappa shape index (κ3) is 1.71. The second-order valence-electron chi connectivity index (χ2n) is 3.07. The van der Waals surface area contributed by atoms with Crippen molar-refractivity contribution in [1.82, 2.24) is 4.98 Å². The van der Waals surface area contributed by atoms with Crippen molar-refractivity contribution >= 4 is 10.1 Å². The average Bonchev–Trinajstić information content (AvgIpc) is 1.99. The zero-order valence-corrected chi connectivity index (χ0v) is 7.91. The standard InChI is InChI=1S/C8H9NO3S/c1-13(10,11)12-8-4-6-5-9-3-2-7(6)8/h2-3,5,8H,4H2,1H3. The summed E-state index contributed by atoms with van der Waals surface area (Å²) in [6, 6.07) is 1.79. The van der Waals surface area contributed by atoms with E-state index in [0.717, 1.165) is 17.4 Å². The highest BCUT2D eigenvalue weighted by Gasteiger charge is 2.29. The monoisotopic (exact) mass is 199 g/mol. The van der Waals surface area contributed by atoms with E-state index in [4.69, 9.17) is 4.18 Å². The largest absolute Gasteiger partial charge is 0.264 e. The number of rotatable bonds is 2. The fourth-order valence-corrected chi connectivity index (χ4v) is 1.99. The maximum absolute atomic E-state index is 10.8. The molecule has 70 valence electrons. The summed E-state index contributed by atoms with van der Waals surface area (Å²) in [6.45, 7) is 0. The molecule has 1 atom stereocenters. The summed E-state index contributed by atoms with van der Waals surface area (Å²) < 4.78 is 26.5. The van der Waals surface area contributed by atoms with Crippen molar-refractivity contribution in [3.8, 4) is 0 Å². The van der Waals surface area contributed by atoms with Crippen LogP contribution in [0.3, 0.4) is 0 Å². The van der Waals surface area contributed by atoms with Crippen LogP contribution >= 0.6 is 0 Å². The second kappa shape index (κ2) is 2.78. The molecule has 0 amide bonds. The van der Waals surface area contributed by atoms with E-state index in [1.54, 1.807) is 18.5 Å². The highest BCUT2D eigenvalue weighted by Crippen LogP contribution is 2.35. The summed E-state index contributed by atoms with van der Waals surface area (Å²) in [6.07, 6.45) is 4.77. The Kier molecular flexibility index (Phi) is 1.85. The number of pyridine rings is 1. The zero-order chi connectivity index (χ0) is 9.47. The lowest BCUT2D eigenvalue weighted by Gasteiger charge is -2.27. The van der Waals surface area contributed by atoms with E-state index >= 15 is 0 Å². The first-order valence-electron chi connectivity index (χ1n) is 3.87. The average molecular weight is 199 g/mol. The quantitative estimate of drug-likeness (QED) is 0.656. The minimum atomic E-state index is -3.35. The Morgan fingerprint density at radius 3 is 3.00 bits per heavy atom. The van der Waals surface area contributed by atoms with E-state index < -0.39 is 10.1 Å². The van der Waals surface area contributed by atoms with Crippen LogP contribution in [0.15, 0.2) is 18.5 Å². The Bertz CT molecular complexity index is 427. The van der Waals surface area contributed by atoms with Crippen LogP contribution in [0.1, 0.15) is 17.2 Å². The van der Waals surface area contributed by atoms with Gasteiger partial charge in [-0.3, -0.25) is 9.17 Å². The van der Waals surface area contributed by atoms with Crippen molar-refractivity contribution < 1.29 is 12.6 Å². The fourth-order valence-electron chi connectivity index (χ4n) is 1.40. The Hall–Kier alpha value is -0.940. The summed E-state index contributed by atoms with van der Waals surface area (Å²) in [5.41, 5.74) is 2.00. The van der Waals surface area contributed by atoms with E-state index in [1.807, 2.05) is 0 Å². The summed E-state index contributed by atoms with van der Waals surface area (Å²) in [5, 5.41) is 0. The van der Waals surface area contributed by atoms with Gasteiger partial charge in [-0.1, -0.05) is 0 Å². The molecule has 1 aromatic rings. The predicted octanol–water partition coefficient (Wildman–Crippen LogP) is 0.655. The lowest BCUT2D eigenvalue weighted by molar-refractivity contribution is 0.191. The van der Waals surface area contributed by atoms with Gasteiger partial charge in [-0.25, -0.2) is 0 Å². The highest BCUT2D eigenvalue weighted by atomic mass is 32.2. The summed E-state index contributed by atoms with van der Waals surface area (Å²) in [4.78, 5) is 3.92. The molecule has 1 aliphatic rings. The van der Waals surface area contributed by atoms with Gasteiger partial charge in [0, 0.05) is 18.8 Å². The van der Waals surface area contributed by atoms with Gasteiger partial charge in [0.2, 0.25) is 0 Å². The first kappa shape index (κ1) is 8.65. The van der Waals surface area contributed by atoms with Crippen molar-refractivity contribution in [2.45, 2.75) is 12.5 Å². The molecule has 1 unspecified atom stereocenters. The lowest BCUT2D eigenvalue weighted by atomic mass is 9.88. The Morgan fingerprint density at radius 1 is 1.62 bits per heavy atom. The molecule has 0 bridgehead atoms. The second-order valence-corrected chi connectivity index (χ2v) is 4.67. The van der Waals surface area contributed by atoms with Crippen LogP contribution in [0.2, 0.25) is 0 Å². The van der Waals surface area contributed by atoms with Gasteiger partial charge in [-0.2, -0.15) is 8.42 Å². The molecule has 13 heavy (non-hydrogen) atoms. The van der Waals surface area contributed by atoms with Crippen molar-refractivity contribution in [2.24, 2.45) is 0 Å². The topological polar surface area (TPSA) is 56.3 Å². The minimum absolute atomic E-state index is 0.298. The Labute approximate surface area is 76.7 Å². The summed E-state index contributed by atoms with van der Waals surface area (Å²) in [7, 11) is -3.35. The molecule has 0 N–H and O–H groups in total. The van der Waals surface area contributed by atoms with E-state index in [9.17, 15) is 8.42 Å². The molecule has 0 fully saturated rings. The maximum Gasteiger partial charge on any atom is 0.264 e. The zero-order valence-electron chi connectivity index (χ0n) is 7.10. The minimum Gasteiger partial charge on any atom is -0.264 e. The van der Waals surface area contributed by atoms with Crippen molar-refractivity contribution in [3.63, 3.8) is 0 Å². The molecule has 5 heteroatoms. The van der Waals surface area contributed by atoms with Gasteiger partial charge in [0.15, 0.2) is 0 Å². The first-order valence-corrected chi connectivity index (χ1v) is 5.69. The van der Waals surface area contributed by atoms with Crippen LogP contribution < -0.4 is 0 Å². The summed E-state index contributed by atoms with van der Waals surface area (Å²) >= 11 is 0. The number of aromatic nitrogens is 1. The van der Waals surface area contributed by atoms with Gasteiger partial charge in [-0.05, 0) is 17.2 Å². The molecule has 0 saturated heterocycles. The Balaban J connectivity index is 2.19.